The molecule has 3 aromatic rings. The molecule has 2 aromatic carbocycles. The predicted octanol–water partition coefficient (Wildman–Crippen LogP) is 4.98. The normalized spacial score (nSPS) is 14.6. The summed E-state index contributed by atoms with van der Waals surface area (Å²) >= 11 is 6.00. The molecule has 0 saturated heterocycles. The van der Waals surface area contributed by atoms with E-state index in [0.29, 0.717) is 16.8 Å². The summed E-state index contributed by atoms with van der Waals surface area (Å²) in [4.78, 5) is 4.36. The minimum atomic E-state index is -4.75. The zero-order valence-electron chi connectivity index (χ0n) is 17.7. The fourth-order valence-electron chi connectivity index (χ4n) is 3.67. The zero-order chi connectivity index (χ0) is 24.1. The number of ether oxygens (including phenoxy) is 1. The number of hydrogen-bond donors (Lipinski definition) is 2. The van der Waals surface area contributed by atoms with Crippen molar-refractivity contribution in [3.8, 4) is 0 Å². The van der Waals surface area contributed by atoms with Crippen LogP contribution in [0.4, 0.5) is 17.6 Å². The molecule has 1 heterocycles. The quantitative estimate of drug-likeness (QED) is 0.423. The van der Waals surface area contributed by atoms with Gasteiger partial charge in [-0.2, -0.15) is 13.2 Å². The van der Waals surface area contributed by atoms with Crippen LogP contribution in [0.5, 0.6) is 0 Å². The molecule has 1 aromatic heterocycles. The second-order valence-corrected chi connectivity index (χ2v) is 8.08. The van der Waals surface area contributed by atoms with Crippen molar-refractivity contribution in [1.29, 1.82) is 0 Å². The van der Waals surface area contributed by atoms with E-state index in [4.69, 9.17) is 16.3 Å². The number of aliphatic hydroxyl groups excluding tert-OH is 1. The van der Waals surface area contributed by atoms with Crippen LogP contribution in [-0.4, -0.2) is 36.5 Å². The summed E-state index contributed by atoms with van der Waals surface area (Å²) in [6.07, 6.45) is -4.22. The van der Waals surface area contributed by atoms with E-state index in [1.807, 2.05) is 18.2 Å². The lowest BCUT2D eigenvalue weighted by atomic mass is 9.79. The molecule has 0 saturated carbocycles. The number of hydrogen-bond acceptors (Lipinski definition) is 4. The lowest BCUT2D eigenvalue weighted by molar-refractivity contribution is -0.137. The van der Waals surface area contributed by atoms with E-state index < -0.39 is 29.2 Å². The number of methoxy groups -OCH3 is 1. The van der Waals surface area contributed by atoms with E-state index in [1.165, 1.54) is 13.3 Å². The Balaban J connectivity index is 2.23. The first-order valence-electron chi connectivity index (χ1n) is 10.1. The van der Waals surface area contributed by atoms with Crippen molar-refractivity contribution in [3.63, 3.8) is 0 Å². The molecule has 176 valence electrons. The Morgan fingerprint density at radius 1 is 1.06 bits per heavy atom. The molecule has 33 heavy (non-hydrogen) atoms. The largest absolute Gasteiger partial charge is 0.416 e. The summed E-state index contributed by atoms with van der Waals surface area (Å²) in [5.74, 6) is -1.04. The highest BCUT2D eigenvalue weighted by molar-refractivity contribution is 6.30. The topological polar surface area (TPSA) is 54.4 Å². The van der Waals surface area contributed by atoms with Gasteiger partial charge in [-0.25, -0.2) is 4.39 Å². The molecule has 0 aliphatic heterocycles. The Labute approximate surface area is 194 Å². The van der Waals surface area contributed by atoms with E-state index in [9.17, 15) is 22.7 Å². The highest BCUT2D eigenvalue weighted by atomic mass is 35.5. The molecule has 9 heteroatoms. The second-order valence-electron chi connectivity index (χ2n) is 7.65. The Bertz CT molecular complexity index is 1050. The van der Waals surface area contributed by atoms with Gasteiger partial charge in [0.2, 0.25) is 0 Å². The highest BCUT2D eigenvalue weighted by Gasteiger charge is 2.39. The number of halogens is 5. The summed E-state index contributed by atoms with van der Waals surface area (Å²) in [6.45, 7) is -0.0533. The van der Waals surface area contributed by atoms with E-state index in [0.717, 1.165) is 17.7 Å². The Morgan fingerprint density at radius 3 is 2.36 bits per heavy atom. The number of nitrogens with zero attached hydrogens (tertiary/aromatic N) is 1. The van der Waals surface area contributed by atoms with Gasteiger partial charge in [-0.3, -0.25) is 10.3 Å². The first-order valence-corrected chi connectivity index (χ1v) is 10.5. The van der Waals surface area contributed by atoms with Crippen LogP contribution in [0.25, 0.3) is 0 Å². The Hall–Kier alpha value is -2.52. The first kappa shape index (κ1) is 25.1. The second kappa shape index (κ2) is 10.6. The monoisotopic (exact) mass is 482 g/mol. The van der Waals surface area contributed by atoms with Gasteiger partial charge in [0.15, 0.2) is 0 Å². The summed E-state index contributed by atoms with van der Waals surface area (Å²) in [7, 11) is 1.42. The molecule has 0 unspecified atom stereocenters. The molecule has 2 N–H and O–H groups in total. The number of pyridine rings is 1. The van der Waals surface area contributed by atoms with Gasteiger partial charge >= 0.3 is 6.18 Å². The molecule has 2 atom stereocenters. The van der Waals surface area contributed by atoms with Crippen molar-refractivity contribution in [1.82, 2.24) is 10.3 Å². The molecule has 0 radical (unpaired) electrons. The van der Waals surface area contributed by atoms with Crippen LogP contribution >= 0.6 is 11.6 Å². The van der Waals surface area contributed by atoms with Gasteiger partial charge in [-0.1, -0.05) is 41.9 Å². The fourth-order valence-corrected chi connectivity index (χ4v) is 3.78. The molecular weight excluding hydrogens is 460 g/mol. The maximum atomic E-state index is 14.5. The summed E-state index contributed by atoms with van der Waals surface area (Å²) in [6, 6.07) is 14.5. The molecule has 0 spiro atoms. The third kappa shape index (κ3) is 6.29. The van der Waals surface area contributed by atoms with E-state index in [-0.39, 0.29) is 25.1 Å². The van der Waals surface area contributed by atoms with Gasteiger partial charge in [-0.15, -0.1) is 0 Å². The third-order valence-electron chi connectivity index (χ3n) is 5.19. The minimum Gasteiger partial charge on any atom is -0.389 e. The Morgan fingerprint density at radius 2 is 1.76 bits per heavy atom. The van der Waals surface area contributed by atoms with Gasteiger partial charge < -0.3 is 9.84 Å². The van der Waals surface area contributed by atoms with Crippen molar-refractivity contribution in [2.75, 3.05) is 20.3 Å². The first-order chi connectivity index (χ1) is 15.6. The average molecular weight is 483 g/mol. The van der Waals surface area contributed by atoms with Crippen molar-refractivity contribution in [3.05, 3.63) is 100 Å². The van der Waals surface area contributed by atoms with Gasteiger partial charge in [-0.05, 0) is 41.5 Å². The number of benzene rings is 2. The van der Waals surface area contributed by atoms with Crippen molar-refractivity contribution < 1.29 is 27.4 Å². The number of rotatable bonds is 9. The number of alkyl halides is 3. The van der Waals surface area contributed by atoms with E-state index >= 15 is 0 Å². The predicted molar refractivity (Wildman–Crippen MR) is 117 cm³/mol. The van der Waals surface area contributed by atoms with Crippen LogP contribution in [0.1, 0.15) is 22.4 Å². The summed E-state index contributed by atoms with van der Waals surface area (Å²) < 4.78 is 60.1. The standard InChI is InChI=1S/C24H23ClF4N2O2/c1-33-15-21(32)14-31-23(12-16-5-3-2-4-6-16,22-8-7-19(25)13-30-22)17-9-18(24(27,28)29)11-20(26)10-17/h2-11,13,21,31-32H,12,14-15H2,1H3/t21-,23-/m0/s1. The molecular formula is C24H23ClF4N2O2. The van der Waals surface area contributed by atoms with Crippen LogP contribution in [0, 0.1) is 5.82 Å². The van der Waals surface area contributed by atoms with E-state index in [1.54, 1.807) is 24.3 Å². The maximum absolute atomic E-state index is 14.5. The molecule has 0 amide bonds. The van der Waals surface area contributed by atoms with Crippen LogP contribution in [0.15, 0.2) is 66.9 Å². The Kier molecular flexibility index (Phi) is 8.07. The zero-order valence-corrected chi connectivity index (χ0v) is 18.5. The lowest BCUT2D eigenvalue weighted by Crippen LogP contribution is -2.49. The number of aliphatic hydroxyl groups is 1. The lowest BCUT2D eigenvalue weighted by Gasteiger charge is -2.37. The van der Waals surface area contributed by atoms with Gasteiger partial charge in [0, 0.05) is 26.3 Å². The van der Waals surface area contributed by atoms with Crippen LogP contribution in [0.2, 0.25) is 5.02 Å². The highest BCUT2D eigenvalue weighted by Crippen LogP contribution is 2.37. The van der Waals surface area contributed by atoms with Gasteiger partial charge in [0.25, 0.3) is 0 Å². The molecule has 0 bridgehead atoms. The average Bonchev–Trinajstić information content (AvgIpc) is 2.77. The minimum absolute atomic E-state index is 0.000580. The molecule has 0 fully saturated rings. The summed E-state index contributed by atoms with van der Waals surface area (Å²) in [5, 5.41) is 13.8. The molecule has 0 aliphatic rings. The fraction of sp³-hybridized carbons (Fsp3) is 0.292. The SMILES string of the molecule is COC[C@@H](O)CN[C@@](Cc1ccccc1)(c1cc(F)cc(C(F)(F)F)c1)c1ccc(Cl)cn1. The van der Waals surface area contributed by atoms with Gasteiger partial charge in [0.05, 0.1) is 34.5 Å². The number of aromatic nitrogens is 1. The maximum Gasteiger partial charge on any atom is 0.416 e. The van der Waals surface area contributed by atoms with Crippen LogP contribution in [0.3, 0.4) is 0 Å². The van der Waals surface area contributed by atoms with Crippen molar-refractivity contribution >= 4 is 11.6 Å². The van der Waals surface area contributed by atoms with Crippen LogP contribution in [-0.2, 0) is 22.9 Å². The molecule has 4 nitrogen and oxygen atoms in total. The van der Waals surface area contributed by atoms with Gasteiger partial charge in [0.1, 0.15) is 5.82 Å². The molecule has 0 aliphatic carbocycles. The van der Waals surface area contributed by atoms with E-state index in [2.05, 4.69) is 10.3 Å². The van der Waals surface area contributed by atoms with Crippen molar-refractivity contribution in [2.45, 2.75) is 24.2 Å². The summed E-state index contributed by atoms with van der Waals surface area (Å²) in [5.41, 5.74) is -1.44. The number of nitrogens with one attached hydrogen (secondary N) is 1. The smallest absolute Gasteiger partial charge is 0.389 e. The third-order valence-corrected chi connectivity index (χ3v) is 5.42. The van der Waals surface area contributed by atoms with Crippen molar-refractivity contribution in [2.24, 2.45) is 0 Å². The van der Waals surface area contributed by atoms with Crippen LogP contribution < -0.4 is 5.32 Å². The molecule has 3 rings (SSSR count).